The Hall–Kier alpha value is -2.43. The molecule has 1 aromatic carbocycles. The van der Waals surface area contributed by atoms with Gasteiger partial charge in [-0.1, -0.05) is 0 Å². The molecule has 0 radical (unpaired) electrons. The summed E-state index contributed by atoms with van der Waals surface area (Å²) < 4.78 is 5.22. The van der Waals surface area contributed by atoms with Crippen molar-refractivity contribution >= 4 is 5.91 Å². The summed E-state index contributed by atoms with van der Waals surface area (Å²) in [5, 5.41) is 0. The largest absolute Gasteiger partial charge is 0.497 e. The number of aryl methyl sites for hydroxylation is 2. The van der Waals surface area contributed by atoms with Crippen LogP contribution in [0.2, 0.25) is 0 Å². The lowest BCUT2D eigenvalue weighted by atomic mass is 9.99. The quantitative estimate of drug-likeness (QED) is 0.910. The highest BCUT2D eigenvalue weighted by molar-refractivity contribution is 5.91. The number of primary amides is 1. The standard InChI is InChI=1S/C14H15N3O2/c1-8-4-10(19-3)5-9(2)13(8)11-6-16-7-12(17-11)14(15)18/h4-7H,1-3H3,(H2,15,18). The van der Waals surface area contributed by atoms with Gasteiger partial charge in [-0.05, 0) is 37.1 Å². The predicted molar refractivity (Wildman–Crippen MR) is 72.0 cm³/mol. The molecule has 0 saturated carbocycles. The van der Waals surface area contributed by atoms with Crippen LogP contribution >= 0.6 is 0 Å². The number of rotatable bonds is 3. The summed E-state index contributed by atoms with van der Waals surface area (Å²) >= 11 is 0. The minimum atomic E-state index is -0.585. The Labute approximate surface area is 111 Å². The topological polar surface area (TPSA) is 78.1 Å². The van der Waals surface area contributed by atoms with Crippen molar-refractivity contribution in [2.45, 2.75) is 13.8 Å². The molecule has 2 N–H and O–H groups in total. The second-order valence-corrected chi connectivity index (χ2v) is 4.29. The van der Waals surface area contributed by atoms with Gasteiger partial charge in [-0.2, -0.15) is 0 Å². The van der Waals surface area contributed by atoms with Crippen molar-refractivity contribution in [2.75, 3.05) is 7.11 Å². The highest BCUT2D eigenvalue weighted by Crippen LogP contribution is 2.29. The summed E-state index contributed by atoms with van der Waals surface area (Å²) in [6.07, 6.45) is 2.98. The second kappa shape index (κ2) is 5.06. The van der Waals surface area contributed by atoms with Crippen LogP contribution in [0.25, 0.3) is 11.3 Å². The number of aromatic nitrogens is 2. The Morgan fingerprint density at radius 3 is 2.37 bits per heavy atom. The number of carbonyl (C=O) groups is 1. The minimum absolute atomic E-state index is 0.159. The fourth-order valence-corrected chi connectivity index (χ4v) is 2.05. The van der Waals surface area contributed by atoms with E-state index in [1.54, 1.807) is 13.3 Å². The molecule has 0 fully saturated rings. The van der Waals surface area contributed by atoms with Crippen LogP contribution in [0, 0.1) is 13.8 Å². The van der Waals surface area contributed by atoms with Gasteiger partial charge in [0.15, 0.2) is 0 Å². The molecular formula is C14H15N3O2. The SMILES string of the molecule is COc1cc(C)c(-c2cncc(C(N)=O)n2)c(C)c1. The maximum absolute atomic E-state index is 11.2. The molecule has 2 rings (SSSR count). The van der Waals surface area contributed by atoms with Gasteiger partial charge in [0, 0.05) is 5.56 Å². The van der Waals surface area contributed by atoms with E-state index in [1.165, 1.54) is 6.20 Å². The van der Waals surface area contributed by atoms with Crippen molar-refractivity contribution in [1.82, 2.24) is 9.97 Å². The first kappa shape index (κ1) is 13.0. The van der Waals surface area contributed by atoms with E-state index in [9.17, 15) is 4.79 Å². The lowest BCUT2D eigenvalue weighted by Crippen LogP contribution is -2.13. The fraction of sp³-hybridized carbons (Fsp3) is 0.214. The van der Waals surface area contributed by atoms with Crippen molar-refractivity contribution < 1.29 is 9.53 Å². The van der Waals surface area contributed by atoms with E-state index in [0.29, 0.717) is 5.69 Å². The molecule has 0 unspecified atom stereocenters. The highest BCUT2D eigenvalue weighted by Gasteiger charge is 2.12. The minimum Gasteiger partial charge on any atom is -0.497 e. The molecule has 2 aromatic rings. The van der Waals surface area contributed by atoms with Crippen LogP contribution in [0.4, 0.5) is 0 Å². The third-order valence-electron chi connectivity index (χ3n) is 2.89. The Bertz CT molecular complexity index is 615. The molecule has 0 aliphatic rings. The summed E-state index contributed by atoms with van der Waals surface area (Å²) in [6, 6.07) is 3.84. The summed E-state index contributed by atoms with van der Waals surface area (Å²) in [5.74, 6) is 0.205. The van der Waals surface area contributed by atoms with Crippen molar-refractivity contribution in [3.05, 3.63) is 41.3 Å². The third kappa shape index (κ3) is 2.54. The number of methoxy groups -OCH3 is 1. The van der Waals surface area contributed by atoms with E-state index in [4.69, 9.17) is 10.5 Å². The molecule has 0 aliphatic carbocycles. The molecule has 1 amide bonds. The smallest absolute Gasteiger partial charge is 0.268 e. The Kier molecular flexibility index (Phi) is 3.46. The van der Waals surface area contributed by atoms with Gasteiger partial charge in [-0.3, -0.25) is 9.78 Å². The van der Waals surface area contributed by atoms with Crippen LogP contribution < -0.4 is 10.5 Å². The monoisotopic (exact) mass is 257 g/mol. The van der Waals surface area contributed by atoms with Gasteiger partial charge < -0.3 is 10.5 Å². The molecule has 19 heavy (non-hydrogen) atoms. The highest BCUT2D eigenvalue weighted by atomic mass is 16.5. The first-order valence-electron chi connectivity index (χ1n) is 5.80. The number of benzene rings is 1. The third-order valence-corrected chi connectivity index (χ3v) is 2.89. The maximum atomic E-state index is 11.2. The van der Waals surface area contributed by atoms with Crippen molar-refractivity contribution in [2.24, 2.45) is 5.73 Å². The van der Waals surface area contributed by atoms with Gasteiger partial charge in [0.05, 0.1) is 25.2 Å². The normalized spacial score (nSPS) is 10.3. The number of carbonyl (C=O) groups excluding carboxylic acids is 1. The first-order chi connectivity index (χ1) is 9.02. The molecule has 0 saturated heterocycles. The zero-order valence-corrected chi connectivity index (χ0v) is 11.1. The Balaban J connectivity index is 2.59. The average molecular weight is 257 g/mol. The molecule has 0 spiro atoms. The zero-order chi connectivity index (χ0) is 14.0. The second-order valence-electron chi connectivity index (χ2n) is 4.29. The van der Waals surface area contributed by atoms with Crippen LogP contribution in [-0.4, -0.2) is 23.0 Å². The summed E-state index contributed by atoms with van der Waals surface area (Å²) in [7, 11) is 1.63. The lowest BCUT2D eigenvalue weighted by Gasteiger charge is -2.11. The Morgan fingerprint density at radius 1 is 1.21 bits per heavy atom. The molecule has 0 atom stereocenters. The van der Waals surface area contributed by atoms with Crippen LogP contribution in [-0.2, 0) is 0 Å². The molecule has 0 bridgehead atoms. The number of ether oxygens (including phenoxy) is 1. The number of amides is 1. The number of hydrogen-bond donors (Lipinski definition) is 1. The van der Waals surface area contributed by atoms with E-state index >= 15 is 0 Å². The number of hydrogen-bond acceptors (Lipinski definition) is 4. The zero-order valence-electron chi connectivity index (χ0n) is 11.1. The fourth-order valence-electron chi connectivity index (χ4n) is 2.05. The van der Waals surface area contributed by atoms with Gasteiger partial charge in [0.25, 0.3) is 5.91 Å². The van der Waals surface area contributed by atoms with E-state index in [1.807, 2.05) is 26.0 Å². The van der Waals surface area contributed by atoms with E-state index < -0.39 is 5.91 Å². The lowest BCUT2D eigenvalue weighted by molar-refractivity contribution is 0.0995. The molecule has 1 aromatic heterocycles. The molecule has 1 heterocycles. The summed E-state index contributed by atoms with van der Waals surface area (Å²) in [4.78, 5) is 19.4. The molecule has 0 aliphatic heterocycles. The van der Waals surface area contributed by atoms with Crippen LogP contribution in [0.3, 0.4) is 0 Å². The number of nitrogens with two attached hydrogens (primary N) is 1. The van der Waals surface area contributed by atoms with Crippen LogP contribution in [0.1, 0.15) is 21.6 Å². The predicted octanol–water partition coefficient (Wildman–Crippen LogP) is 1.87. The summed E-state index contributed by atoms with van der Waals surface area (Å²) in [6.45, 7) is 3.92. The molecule has 5 nitrogen and oxygen atoms in total. The van der Waals surface area contributed by atoms with E-state index in [2.05, 4.69) is 9.97 Å². The van der Waals surface area contributed by atoms with Crippen LogP contribution in [0.5, 0.6) is 5.75 Å². The van der Waals surface area contributed by atoms with Gasteiger partial charge in [-0.25, -0.2) is 4.98 Å². The van der Waals surface area contributed by atoms with E-state index in [0.717, 1.165) is 22.4 Å². The van der Waals surface area contributed by atoms with Gasteiger partial charge >= 0.3 is 0 Å². The average Bonchev–Trinajstić information content (AvgIpc) is 2.38. The molecular weight excluding hydrogens is 242 g/mol. The first-order valence-corrected chi connectivity index (χ1v) is 5.80. The maximum Gasteiger partial charge on any atom is 0.268 e. The molecule has 98 valence electrons. The van der Waals surface area contributed by atoms with Crippen LogP contribution in [0.15, 0.2) is 24.5 Å². The van der Waals surface area contributed by atoms with Crippen molar-refractivity contribution in [3.63, 3.8) is 0 Å². The van der Waals surface area contributed by atoms with Gasteiger partial charge in [-0.15, -0.1) is 0 Å². The molecule has 5 heteroatoms. The Morgan fingerprint density at radius 2 is 1.84 bits per heavy atom. The van der Waals surface area contributed by atoms with Gasteiger partial charge in [0.2, 0.25) is 0 Å². The van der Waals surface area contributed by atoms with Crippen molar-refractivity contribution in [3.8, 4) is 17.0 Å². The van der Waals surface area contributed by atoms with Gasteiger partial charge in [0.1, 0.15) is 11.4 Å². The number of nitrogens with zero attached hydrogens (tertiary/aromatic N) is 2. The van der Waals surface area contributed by atoms with Crippen molar-refractivity contribution in [1.29, 1.82) is 0 Å². The van der Waals surface area contributed by atoms with E-state index in [-0.39, 0.29) is 5.69 Å². The summed E-state index contributed by atoms with van der Waals surface area (Å²) in [5.41, 5.74) is 8.97.